The molecule has 0 saturated carbocycles. The van der Waals surface area contributed by atoms with Crippen molar-refractivity contribution in [3.8, 4) is 11.3 Å². The number of hydrogen-bond acceptors (Lipinski definition) is 2. The number of rotatable bonds is 1. The Morgan fingerprint density at radius 1 is 1.23 bits per heavy atom. The van der Waals surface area contributed by atoms with Crippen LogP contribution in [0.5, 0.6) is 0 Å². The van der Waals surface area contributed by atoms with Crippen LogP contribution in [0.3, 0.4) is 0 Å². The van der Waals surface area contributed by atoms with Crippen LogP contribution in [0, 0.1) is 6.92 Å². The normalized spacial score (nSPS) is 10.3. The Morgan fingerprint density at radius 2 is 1.92 bits per heavy atom. The third-order valence-electron chi connectivity index (χ3n) is 1.75. The smallest absolute Gasteiger partial charge is 0.191 e. The summed E-state index contributed by atoms with van der Waals surface area (Å²) >= 11 is 5.76. The molecule has 0 radical (unpaired) electrons. The summed E-state index contributed by atoms with van der Waals surface area (Å²) in [6.07, 6.45) is 1.71. The van der Waals surface area contributed by atoms with Crippen molar-refractivity contribution in [2.45, 2.75) is 6.92 Å². The highest BCUT2D eigenvalue weighted by molar-refractivity contribution is 6.30. The fourth-order valence-corrected chi connectivity index (χ4v) is 1.23. The van der Waals surface area contributed by atoms with Gasteiger partial charge in [0.25, 0.3) is 0 Å². The zero-order valence-corrected chi connectivity index (χ0v) is 7.88. The van der Waals surface area contributed by atoms with E-state index in [-0.39, 0.29) is 0 Å². The second-order valence-corrected chi connectivity index (χ2v) is 3.19. The first-order valence-electron chi connectivity index (χ1n) is 3.94. The molecule has 13 heavy (non-hydrogen) atoms. The van der Waals surface area contributed by atoms with Crippen LogP contribution < -0.4 is 0 Å². The maximum Gasteiger partial charge on any atom is 0.191 e. The highest BCUT2D eigenvalue weighted by Crippen LogP contribution is 2.21. The summed E-state index contributed by atoms with van der Waals surface area (Å²) in [5.74, 6) is 1.44. The zero-order valence-electron chi connectivity index (χ0n) is 7.12. The van der Waals surface area contributed by atoms with Gasteiger partial charge in [-0.2, -0.15) is 0 Å². The number of aryl methyl sites for hydroxylation is 1. The zero-order chi connectivity index (χ0) is 9.26. The lowest BCUT2D eigenvalue weighted by atomic mass is 10.2. The van der Waals surface area contributed by atoms with Gasteiger partial charge >= 0.3 is 0 Å². The Kier molecular flexibility index (Phi) is 2.07. The Hall–Kier alpha value is -1.28. The quantitative estimate of drug-likeness (QED) is 0.695. The second-order valence-electron chi connectivity index (χ2n) is 2.75. The molecule has 0 aliphatic carbocycles. The van der Waals surface area contributed by atoms with E-state index in [1.54, 1.807) is 6.20 Å². The van der Waals surface area contributed by atoms with E-state index in [2.05, 4.69) is 4.98 Å². The van der Waals surface area contributed by atoms with Crippen LogP contribution in [0.25, 0.3) is 11.3 Å². The van der Waals surface area contributed by atoms with E-state index in [0.29, 0.717) is 5.89 Å². The van der Waals surface area contributed by atoms with E-state index in [0.717, 1.165) is 16.3 Å². The van der Waals surface area contributed by atoms with Crippen LogP contribution in [0.1, 0.15) is 5.89 Å². The maximum atomic E-state index is 5.76. The molecule has 0 amide bonds. The van der Waals surface area contributed by atoms with Crippen molar-refractivity contribution in [3.05, 3.63) is 41.4 Å². The third-order valence-corrected chi connectivity index (χ3v) is 2.00. The van der Waals surface area contributed by atoms with Crippen molar-refractivity contribution in [2.75, 3.05) is 0 Å². The van der Waals surface area contributed by atoms with Gasteiger partial charge in [0.1, 0.15) is 0 Å². The fraction of sp³-hybridized carbons (Fsp3) is 0.100. The predicted octanol–water partition coefficient (Wildman–Crippen LogP) is 3.30. The average Bonchev–Trinajstić information content (AvgIpc) is 2.53. The molecule has 1 aromatic heterocycles. The molecule has 0 unspecified atom stereocenters. The lowest BCUT2D eigenvalue weighted by molar-refractivity contribution is 0.534. The van der Waals surface area contributed by atoms with E-state index < -0.39 is 0 Å². The summed E-state index contributed by atoms with van der Waals surface area (Å²) in [7, 11) is 0. The third kappa shape index (κ3) is 1.73. The minimum atomic E-state index is 0.671. The Bertz CT molecular complexity index is 405. The van der Waals surface area contributed by atoms with E-state index in [9.17, 15) is 0 Å². The number of benzene rings is 1. The molecule has 1 aromatic carbocycles. The summed E-state index contributed by atoms with van der Waals surface area (Å²) in [6.45, 7) is 1.82. The highest BCUT2D eigenvalue weighted by atomic mass is 35.5. The standard InChI is InChI=1S/C10H8ClNO/c1-7-12-6-10(13-7)8-2-4-9(11)5-3-8/h2-6H,1H3. The summed E-state index contributed by atoms with van der Waals surface area (Å²) in [4.78, 5) is 4.02. The van der Waals surface area contributed by atoms with Crippen molar-refractivity contribution in [3.63, 3.8) is 0 Å². The molecule has 2 nitrogen and oxygen atoms in total. The van der Waals surface area contributed by atoms with Gasteiger partial charge in [0, 0.05) is 17.5 Å². The maximum absolute atomic E-state index is 5.76. The van der Waals surface area contributed by atoms with Crippen molar-refractivity contribution >= 4 is 11.6 Å². The van der Waals surface area contributed by atoms with Gasteiger partial charge in [-0.1, -0.05) is 11.6 Å². The molecule has 3 heteroatoms. The number of nitrogens with zero attached hydrogens (tertiary/aromatic N) is 1. The lowest BCUT2D eigenvalue weighted by Gasteiger charge is -1.94. The topological polar surface area (TPSA) is 26.0 Å². The molecule has 0 atom stereocenters. The molecule has 2 rings (SSSR count). The minimum Gasteiger partial charge on any atom is -0.441 e. The first-order valence-corrected chi connectivity index (χ1v) is 4.32. The monoisotopic (exact) mass is 193 g/mol. The van der Waals surface area contributed by atoms with Crippen LogP contribution in [0.4, 0.5) is 0 Å². The summed E-state index contributed by atoms with van der Waals surface area (Å²) in [5.41, 5.74) is 0.991. The number of aromatic nitrogens is 1. The molecule has 0 saturated heterocycles. The summed E-state index contributed by atoms with van der Waals surface area (Å²) in [6, 6.07) is 7.47. The Morgan fingerprint density at radius 3 is 2.46 bits per heavy atom. The van der Waals surface area contributed by atoms with Crippen molar-refractivity contribution < 1.29 is 4.42 Å². The predicted molar refractivity (Wildman–Crippen MR) is 51.7 cm³/mol. The molecule has 66 valence electrons. The largest absolute Gasteiger partial charge is 0.441 e. The van der Waals surface area contributed by atoms with Gasteiger partial charge < -0.3 is 4.42 Å². The van der Waals surface area contributed by atoms with Crippen molar-refractivity contribution in [2.24, 2.45) is 0 Å². The number of hydrogen-bond donors (Lipinski definition) is 0. The van der Waals surface area contributed by atoms with Gasteiger partial charge in [-0.15, -0.1) is 0 Å². The number of halogens is 1. The van der Waals surface area contributed by atoms with Gasteiger partial charge in [0.15, 0.2) is 11.7 Å². The van der Waals surface area contributed by atoms with Gasteiger partial charge in [-0.25, -0.2) is 4.98 Å². The van der Waals surface area contributed by atoms with Crippen LogP contribution >= 0.6 is 11.6 Å². The van der Waals surface area contributed by atoms with E-state index in [1.807, 2.05) is 31.2 Å². The SMILES string of the molecule is Cc1ncc(-c2ccc(Cl)cc2)o1. The van der Waals surface area contributed by atoms with Gasteiger partial charge in [-0.3, -0.25) is 0 Å². The molecule has 0 spiro atoms. The summed E-state index contributed by atoms with van der Waals surface area (Å²) in [5, 5.41) is 0.722. The molecule has 0 bridgehead atoms. The number of oxazole rings is 1. The molecular formula is C10H8ClNO. The molecule has 0 fully saturated rings. The van der Waals surface area contributed by atoms with Crippen LogP contribution in [0.15, 0.2) is 34.9 Å². The Balaban J connectivity index is 2.41. The first-order chi connectivity index (χ1) is 6.25. The van der Waals surface area contributed by atoms with Crippen LogP contribution in [-0.2, 0) is 0 Å². The van der Waals surface area contributed by atoms with E-state index in [4.69, 9.17) is 16.0 Å². The fourth-order valence-electron chi connectivity index (χ4n) is 1.11. The van der Waals surface area contributed by atoms with Crippen molar-refractivity contribution in [1.82, 2.24) is 4.98 Å². The minimum absolute atomic E-state index is 0.671. The molecule has 2 aromatic rings. The molecule has 0 aliphatic heterocycles. The van der Waals surface area contributed by atoms with E-state index in [1.165, 1.54) is 0 Å². The van der Waals surface area contributed by atoms with Gasteiger partial charge in [-0.05, 0) is 24.3 Å². The van der Waals surface area contributed by atoms with Gasteiger partial charge in [0.2, 0.25) is 0 Å². The van der Waals surface area contributed by atoms with Crippen LogP contribution in [0.2, 0.25) is 5.02 Å². The first kappa shape index (κ1) is 8.32. The summed E-state index contributed by atoms with van der Waals surface area (Å²) < 4.78 is 5.36. The van der Waals surface area contributed by atoms with Gasteiger partial charge in [0.05, 0.1) is 6.20 Å². The van der Waals surface area contributed by atoms with E-state index >= 15 is 0 Å². The van der Waals surface area contributed by atoms with Crippen molar-refractivity contribution in [1.29, 1.82) is 0 Å². The van der Waals surface area contributed by atoms with Crippen LogP contribution in [-0.4, -0.2) is 4.98 Å². The second kappa shape index (κ2) is 3.23. The molecule has 0 aliphatic rings. The highest BCUT2D eigenvalue weighted by Gasteiger charge is 2.02. The molecule has 1 heterocycles. The average molecular weight is 194 g/mol. The lowest BCUT2D eigenvalue weighted by Crippen LogP contribution is -1.71. The Labute approximate surface area is 81.2 Å². The molecule has 0 N–H and O–H groups in total. The molecular weight excluding hydrogens is 186 g/mol.